The SMILES string of the molecule is CCCn1c(COCC)nc2c(N)nc3cc(OCCN)ccc3c21. The highest BCUT2D eigenvalue weighted by atomic mass is 16.5. The minimum Gasteiger partial charge on any atom is -0.492 e. The molecule has 4 N–H and O–H groups in total. The number of ether oxygens (including phenoxy) is 2. The lowest BCUT2D eigenvalue weighted by Gasteiger charge is -2.11. The predicted molar refractivity (Wildman–Crippen MR) is 99.6 cm³/mol. The Labute approximate surface area is 146 Å². The normalized spacial score (nSPS) is 11.5. The minimum absolute atomic E-state index is 0.422. The van der Waals surface area contributed by atoms with Gasteiger partial charge in [0, 0.05) is 31.1 Å². The van der Waals surface area contributed by atoms with E-state index >= 15 is 0 Å². The van der Waals surface area contributed by atoms with E-state index < -0.39 is 0 Å². The Morgan fingerprint density at radius 2 is 2.04 bits per heavy atom. The maximum absolute atomic E-state index is 6.19. The van der Waals surface area contributed by atoms with Gasteiger partial charge in [0.05, 0.1) is 11.0 Å². The molecule has 7 nitrogen and oxygen atoms in total. The third-order valence-corrected chi connectivity index (χ3v) is 4.02. The summed E-state index contributed by atoms with van der Waals surface area (Å²) in [6.07, 6.45) is 0.992. The summed E-state index contributed by atoms with van der Waals surface area (Å²) in [5.74, 6) is 2.04. The zero-order valence-electron chi connectivity index (χ0n) is 14.8. The van der Waals surface area contributed by atoms with Gasteiger partial charge in [-0.2, -0.15) is 0 Å². The molecule has 7 heteroatoms. The largest absolute Gasteiger partial charge is 0.492 e. The molecule has 3 rings (SSSR count). The first-order valence-corrected chi connectivity index (χ1v) is 8.68. The number of aryl methyl sites for hydroxylation is 1. The fraction of sp³-hybridized carbons (Fsp3) is 0.444. The number of pyridine rings is 1. The van der Waals surface area contributed by atoms with E-state index in [1.54, 1.807) is 0 Å². The summed E-state index contributed by atoms with van der Waals surface area (Å²) in [5.41, 5.74) is 14.2. The van der Waals surface area contributed by atoms with Crippen LogP contribution < -0.4 is 16.2 Å². The zero-order valence-corrected chi connectivity index (χ0v) is 14.8. The lowest BCUT2D eigenvalue weighted by Crippen LogP contribution is -2.10. The molecule has 0 atom stereocenters. The van der Waals surface area contributed by atoms with Gasteiger partial charge in [0.2, 0.25) is 0 Å². The van der Waals surface area contributed by atoms with Crippen LogP contribution in [0.1, 0.15) is 26.1 Å². The van der Waals surface area contributed by atoms with Crippen LogP contribution >= 0.6 is 0 Å². The molecule has 0 spiro atoms. The van der Waals surface area contributed by atoms with Crippen molar-refractivity contribution in [1.82, 2.24) is 14.5 Å². The number of rotatable bonds is 8. The highest BCUT2D eigenvalue weighted by Crippen LogP contribution is 2.31. The van der Waals surface area contributed by atoms with Gasteiger partial charge < -0.3 is 25.5 Å². The van der Waals surface area contributed by atoms with Crippen LogP contribution in [-0.2, 0) is 17.9 Å². The number of imidazole rings is 1. The minimum atomic E-state index is 0.422. The van der Waals surface area contributed by atoms with Crippen LogP contribution in [0.4, 0.5) is 5.82 Å². The molecular weight excluding hydrogens is 318 g/mol. The van der Waals surface area contributed by atoms with Crippen molar-refractivity contribution >= 4 is 27.8 Å². The highest BCUT2D eigenvalue weighted by Gasteiger charge is 2.17. The lowest BCUT2D eigenvalue weighted by atomic mass is 10.1. The molecule has 0 saturated carbocycles. The van der Waals surface area contributed by atoms with Gasteiger partial charge >= 0.3 is 0 Å². The third kappa shape index (κ3) is 3.38. The molecule has 0 aliphatic rings. The van der Waals surface area contributed by atoms with Crippen LogP contribution in [0.2, 0.25) is 0 Å². The first-order chi connectivity index (χ1) is 12.2. The number of anilines is 1. The van der Waals surface area contributed by atoms with Crippen molar-refractivity contribution in [2.75, 3.05) is 25.5 Å². The lowest BCUT2D eigenvalue weighted by molar-refractivity contribution is 0.126. The molecular formula is C18H25N5O2. The fourth-order valence-electron chi connectivity index (χ4n) is 2.97. The van der Waals surface area contributed by atoms with Crippen molar-refractivity contribution in [1.29, 1.82) is 0 Å². The first-order valence-electron chi connectivity index (χ1n) is 8.68. The topological polar surface area (TPSA) is 101 Å². The third-order valence-electron chi connectivity index (χ3n) is 4.02. The maximum Gasteiger partial charge on any atom is 0.152 e. The molecule has 0 amide bonds. The summed E-state index contributed by atoms with van der Waals surface area (Å²) in [6.45, 7) is 7.01. The van der Waals surface area contributed by atoms with Gasteiger partial charge in [-0.05, 0) is 25.5 Å². The zero-order chi connectivity index (χ0) is 17.8. The van der Waals surface area contributed by atoms with Crippen LogP contribution in [0.15, 0.2) is 18.2 Å². The van der Waals surface area contributed by atoms with E-state index in [-0.39, 0.29) is 0 Å². The average Bonchev–Trinajstić information content (AvgIpc) is 2.98. The van der Waals surface area contributed by atoms with Crippen molar-refractivity contribution in [3.8, 4) is 5.75 Å². The number of aromatic nitrogens is 3. The Bertz CT molecular complexity index is 875. The molecule has 0 radical (unpaired) electrons. The van der Waals surface area contributed by atoms with Crippen LogP contribution in [0.25, 0.3) is 21.9 Å². The second kappa shape index (κ2) is 7.67. The number of benzene rings is 1. The van der Waals surface area contributed by atoms with Crippen molar-refractivity contribution in [3.05, 3.63) is 24.0 Å². The van der Waals surface area contributed by atoms with E-state index in [9.17, 15) is 0 Å². The average molecular weight is 343 g/mol. The molecule has 0 fully saturated rings. The van der Waals surface area contributed by atoms with Crippen molar-refractivity contribution in [2.45, 2.75) is 33.4 Å². The number of hydrogen-bond acceptors (Lipinski definition) is 6. The smallest absolute Gasteiger partial charge is 0.152 e. The summed E-state index contributed by atoms with van der Waals surface area (Å²) in [5, 5.41) is 1.01. The van der Waals surface area contributed by atoms with Crippen LogP contribution in [0.3, 0.4) is 0 Å². The number of nitrogen functional groups attached to an aromatic ring is 1. The number of nitrogens with zero attached hydrogens (tertiary/aromatic N) is 3. The standard InChI is InChI=1S/C18H25N5O2/c1-3-8-23-15(11-24-4-2)22-16-17(23)13-6-5-12(25-9-7-19)10-14(13)21-18(16)20/h5-6,10H,3-4,7-9,11,19H2,1-2H3,(H2,20,21). The second-order valence-electron chi connectivity index (χ2n) is 5.83. The van der Waals surface area contributed by atoms with E-state index in [1.165, 1.54) is 0 Å². The highest BCUT2D eigenvalue weighted by molar-refractivity contribution is 6.06. The fourth-order valence-corrected chi connectivity index (χ4v) is 2.97. The molecule has 2 heterocycles. The molecule has 0 aliphatic heterocycles. The van der Waals surface area contributed by atoms with Crippen molar-refractivity contribution in [3.63, 3.8) is 0 Å². The Morgan fingerprint density at radius 1 is 1.20 bits per heavy atom. The van der Waals surface area contributed by atoms with Gasteiger partial charge in [-0.25, -0.2) is 9.97 Å². The number of fused-ring (bicyclic) bond motifs is 3. The van der Waals surface area contributed by atoms with Crippen LogP contribution in [-0.4, -0.2) is 34.3 Å². The molecule has 0 aliphatic carbocycles. The Morgan fingerprint density at radius 3 is 2.76 bits per heavy atom. The monoisotopic (exact) mass is 343 g/mol. The summed E-state index contributed by atoms with van der Waals surface area (Å²) < 4.78 is 13.4. The van der Waals surface area contributed by atoms with E-state index in [4.69, 9.17) is 25.9 Å². The Balaban J connectivity index is 2.19. The van der Waals surface area contributed by atoms with Gasteiger partial charge in [0.25, 0.3) is 0 Å². The van der Waals surface area contributed by atoms with E-state index in [0.717, 1.165) is 46.5 Å². The first kappa shape index (κ1) is 17.4. The van der Waals surface area contributed by atoms with Gasteiger partial charge in [-0.3, -0.25) is 0 Å². The van der Waals surface area contributed by atoms with Crippen molar-refractivity contribution in [2.24, 2.45) is 5.73 Å². The molecule has 1 aromatic carbocycles. The molecule has 3 aromatic rings. The molecule has 0 bridgehead atoms. The molecule has 2 aromatic heterocycles. The predicted octanol–water partition coefficient (Wildman–Crippen LogP) is 2.45. The molecule has 0 saturated heterocycles. The van der Waals surface area contributed by atoms with Gasteiger partial charge in [-0.15, -0.1) is 0 Å². The van der Waals surface area contributed by atoms with Crippen LogP contribution in [0, 0.1) is 0 Å². The van der Waals surface area contributed by atoms with Gasteiger partial charge in [0.1, 0.15) is 30.3 Å². The Hall–Kier alpha value is -2.38. The van der Waals surface area contributed by atoms with E-state index in [2.05, 4.69) is 16.5 Å². The second-order valence-corrected chi connectivity index (χ2v) is 5.83. The maximum atomic E-state index is 6.19. The van der Waals surface area contributed by atoms with E-state index in [1.807, 2.05) is 25.1 Å². The summed E-state index contributed by atoms with van der Waals surface area (Å²) >= 11 is 0. The number of nitrogens with two attached hydrogens (primary N) is 2. The van der Waals surface area contributed by atoms with Gasteiger partial charge in [-0.1, -0.05) is 6.92 Å². The quantitative estimate of drug-likeness (QED) is 0.651. The molecule has 0 unspecified atom stereocenters. The Kier molecular flexibility index (Phi) is 5.35. The van der Waals surface area contributed by atoms with Crippen molar-refractivity contribution < 1.29 is 9.47 Å². The molecule has 134 valence electrons. The summed E-state index contributed by atoms with van der Waals surface area (Å²) in [6, 6.07) is 5.83. The van der Waals surface area contributed by atoms with Gasteiger partial charge in [0.15, 0.2) is 5.82 Å². The summed E-state index contributed by atoms with van der Waals surface area (Å²) in [4.78, 5) is 9.21. The molecule has 25 heavy (non-hydrogen) atoms. The van der Waals surface area contributed by atoms with E-state index in [0.29, 0.717) is 32.2 Å². The summed E-state index contributed by atoms with van der Waals surface area (Å²) in [7, 11) is 0. The number of hydrogen-bond donors (Lipinski definition) is 2. The van der Waals surface area contributed by atoms with Crippen LogP contribution in [0.5, 0.6) is 5.75 Å².